The SMILES string of the molecule is CC(=O)O[C@]12CCC(C)(C)C[C@H]1[C@H]1C(=O)C=C3[C@@]4(C)C=C(C#N)C(=O)[C@@H](C)[C@@H]4CC[C@@]3(C)[C@]1(C)CC2. The molecule has 5 heteroatoms. The lowest BCUT2D eigenvalue weighted by atomic mass is 9.36. The molecule has 5 nitrogen and oxygen atoms in total. The van der Waals surface area contributed by atoms with Crippen LogP contribution in [0, 0.1) is 56.7 Å². The van der Waals surface area contributed by atoms with Crippen LogP contribution in [0.5, 0.6) is 0 Å². The van der Waals surface area contributed by atoms with Crippen LogP contribution in [0.25, 0.3) is 0 Å². The van der Waals surface area contributed by atoms with Gasteiger partial charge in [-0.3, -0.25) is 14.4 Å². The number of ketones is 2. The highest BCUT2D eigenvalue weighted by Crippen LogP contribution is 2.72. The van der Waals surface area contributed by atoms with Crippen LogP contribution in [0.2, 0.25) is 0 Å². The second-order valence-corrected chi connectivity index (χ2v) is 14.1. The Hall–Kier alpha value is -2.22. The van der Waals surface area contributed by atoms with Gasteiger partial charge in [0.1, 0.15) is 11.7 Å². The van der Waals surface area contributed by atoms with Crippen LogP contribution in [-0.2, 0) is 19.1 Å². The maximum Gasteiger partial charge on any atom is 0.303 e. The Morgan fingerprint density at radius 3 is 2.33 bits per heavy atom. The van der Waals surface area contributed by atoms with E-state index in [0.29, 0.717) is 0 Å². The standard InChI is InChI=1S/C31H41NO4/c1-18-21-8-9-29(6)24(28(21,5)15-20(17-32)26(18)35)14-23(34)25-22-16-27(3,4)10-12-31(22,36-19(2)33)13-11-30(25,29)7/h14-15,18,21-22,25H,8-13,16H2,1-7H3/t18-,21-,22-,25-,28-,29+,30+,31-/m0/s1. The van der Waals surface area contributed by atoms with E-state index in [1.54, 1.807) is 0 Å². The fourth-order valence-corrected chi connectivity index (χ4v) is 9.67. The summed E-state index contributed by atoms with van der Waals surface area (Å²) in [6.07, 6.45) is 9.88. The van der Waals surface area contributed by atoms with Crippen molar-refractivity contribution in [3.8, 4) is 6.07 Å². The van der Waals surface area contributed by atoms with Crippen molar-refractivity contribution < 1.29 is 19.1 Å². The van der Waals surface area contributed by atoms with Crippen LogP contribution in [0.15, 0.2) is 23.3 Å². The van der Waals surface area contributed by atoms with Crippen molar-refractivity contribution in [2.75, 3.05) is 0 Å². The highest BCUT2D eigenvalue weighted by Gasteiger charge is 2.69. The van der Waals surface area contributed by atoms with Gasteiger partial charge >= 0.3 is 5.97 Å². The number of esters is 1. The van der Waals surface area contributed by atoms with E-state index < -0.39 is 11.0 Å². The van der Waals surface area contributed by atoms with Crippen LogP contribution in [0.1, 0.15) is 93.4 Å². The zero-order valence-electron chi connectivity index (χ0n) is 23.0. The summed E-state index contributed by atoms with van der Waals surface area (Å²) in [5.74, 6) is -0.535. The molecule has 0 radical (unpaired) electrons. The van der Waals surface area contributed by atoms with Gasteiger partial charge in [-0.25, -0.2) is 0 Å². The number of fused-ring (bicyclic) bond motifs is 7. The van der Waals surface area contributed by atoms with Gasteiger partial charge in [0.05, 0.1) is 5.57 Å². The molecule has 0 N–H and O–H groups in total. The third-order valence-corrected chi connectivity index (χ3v) is 11.8. The monoisotopic (exact) mass is 491 g/mol. The normalized spacial score (nSPS) is 47.2. The van der Waals surface area contributed by atoms with Gasteiger partial charge in [-0.1, -0.05) is 53.2 Å². The molecule has 0 amide bonds. The predicted molar refractivity (Wildman–Crippen MR) is 136 cm³/mol. The number of carbonyl (C=O) groups excluding carboxylic acids is 3. The molecule has 0 aromatic carbocycles. The fraction of sp³-hybridized carbons (Fsp3) is 0.742. The molecule has 0 unspecified atom stereocenters. The van der Waals surface area contributed by atoms with Crippen molar-refractivity contribution in [1.29, 1.82) is 5.26 Å². The van der Waals surface area contributed by atoms with Gasteiger partial charge in [-0.15, -0.1) is 0 Å². The lowest BCUT2D eigenvalue weighted by Crippen LogP contribution is -2.66. The van der Waals surface area contributed by atoms with Gasteiger partial charge in [0.2, 0.25) is 0 Å². The van der Waals surface area contributed by atoms with Crippen molar-refractivity contribution >= 4 is 17.5 Å². The van der Waals surface area contributed by atoms with Crippen LogP contribution in [0.3, 0.4) is 0 Å². The van der Waals surface area contributed by atoms with E-state index in [1.165, 1.54) is 6.92 Å². The van der Waals surface area contributed by atoms with E-state index in [2.05, 4.69) is 40.7 Å². The van der Waals surface area contributed by atoms with Crippen LogP contribution >= 0.6 is 0 Å². The van der Waals surface area contributed by atoms with E-state index in [0.717, 1.165) is 50.5 Å². The third-order valence-electron chi connectivity index (χ3n) is 11.8. The molecule has 0 heterocycles. The maximum atomic E-state index is 14.3. The van der Waals surface area contributed by atoms with Crippen LogP contribution in [0.4, 0.5) is 0 Å². The molecule has 3 fully saturated rings. The number of rotatable bonds is 1. The number of hydrogen-bond acceptors (Lipinski definition) is 5. The van der Waals surface area contributed by atoms with Gasteiger partial charge in [-0.2, -0.15) is 5.26 Å². The number of nitriles is 1. The number of ether oxygens (including phenoxy) is 1. The lowest BCUT2D eigenvalue weighted by molar-refractivity contribution is -0.214. The summed E-state index contributed by atoms with van der Waals surface area (Å²) in [7, 11) is 0. The van der Waals surface area contributed by atoms with E-state index in [4.69, 9.17) is 4.74 Å². The highest BCUT2D eigenvalue weighted by atomic mass is 16.6. The van der Waals surface area contributed by atoms with Gasteiger partial charge in [0, 0.05) is 30.1 Å². The molecule has 0 spiro atoms. The average Bonchev–Trinajstić information content (AvgIpc) is 2.78. The molecule has 0 aliphatic heterocycles. The zero-order valence-corrected chi connectivity index (χ0v) is 23.0. The minimum absolute atomic E-state index is 0.00590. The van der Waals surface area contributed by atoms with Crippen molar-refractivity contribution in [1.82, 2.24) is 0 Å². The summed E-state index contributed by atoms with van der Waals surface area (Å²) in [5, 5.41) is 9.75. The second kappa shape index (κ2) is 7.65. The van der Waals surface area contributed by atoms with Gasteiger partial charge in [0.25, 0.3) is 0 Å². The zero-order chi connectivity index (χ0) is 26.5. The predicted octanol–water partition coefficient (Wildman–Crippen LogP) is 6.13. The first-order valence-electron chi connectivity index (χ1n) is 13.8. The first-order chi connectivity index (χ1) is 16.6. The Balaban J connectivity index is 1.68. The lowest BCUT2D eigenvalue weighted by Gasteiger charge is -2.68. The minimum Gasteiger partial charge on any atom is -0.459 e. The van der Waals surface area contributed by atoms with E-state index >= 15 is 0 Å². The van der Waals surface area contributed by atoms with Gasteiger partial charge < -0.3 is 4.74 Å². The minimum atomic E-state index is -0.566. The highest BCUT2D eigenvalue weighted by molar-refractivity contribution is 6.02. The topological polar surface area (TPSA) is 84.2 Å². The van der Waals surface area contributed by atoms with Crippen molar-refractivity contribution in [2.45, 2.75) is 99.0 Å². The summed E-state index contributed by atoms with van der Waals surface area (Å²) in [5.41, 5.74) is -0.151. The summed E-state index contributed by atoms with van der Waals surface area (Å²) in [6.45, 7) is 14.8. The number of hydrogen-bond donors (Lipinski definition) is 0. The molecule has 5 aliphatic carbocycles. The molecule has 0 aromatic rings. The van der Waals surface area contributed by atoms with E-state index in [-0.39, 0.29) is 63.0 Å². The molecule has 0 bridgehead atoms. The Bertz CT molecular complexity index is 1160. The molecule has 0 aromatic heterocycles. The second-order valence-electron chi connectivity index (χ2n) is 14.1. The summed E-state index contributed by atoms with van der Waals surface area (Å²) >= 11 is 0. The van der Waals surface area contributed by atoms with Crippen molar-refractivity contribution in [3.05, 3.63) is 23.3 Å². The summed E-state index contributed by atoms with van der Waals surface area (Å²) < 4.78 is 6.15. The quantitative estimate of drug-likeness (QED) is 0.412. The Morgan fingerprint density at radius 2 is 1.69 bits per heavy atom. The molecule has 8 atom stereocenters. The van der Waals surface area contributed by atoms with Gasteiger partial charge in [-0.05, 0) is 73.2 Å². The first kappa shape index (κ1) is 25.4. The summed E-state index contributed by atoms with van der Waals surface area (Å²) in [4.78, 5) is 39.4. The molecule has 0 saturated heterocycles. The molecular weight excluding hydrogens is 450 g/mol. The average molecular weight is 492 g/mol. The molecular formula is C31H41NO4. The van der Waals surface area contributed by atoms with E-state index in [9.17, 15) is 19.6 Å². The van der Waals surface area contributed by atoms with Gasteiger partial charge in [0.15, 0.2) is 11.6 Å². The largest absolute Gasteiger partial charge is 0.459 e. The molecule has 5 aliphatic rings. The Labute approximate surface area is 215 Å². The van der Waals surface area contributed by atoms with Crippen LogP contribution < -0.4 is 0 Å². The number of nitrogens with zero attached hydrogens (tertiary/aromatic N) is 1. The molecule has 5 rings (SSSR count). The van der Waals surface area contributed by atoms with Crippen molar-refractivity contribution in [2.24, 2.45) is 45.3 Å². The molecule has 194 valence electrons. The maximum absolute atomic E-state index is 14.3. The molecule has 36 heavy (non-hydrogen) atoms. The van der Waals surface area contributed by atoms with E-state index in [1.807, 2.05) is 19.1 Å². The smallest absolute Gasteiger partial charge is 0.303 e. The Morgan fingerprint density at radius 1 is 1.03 bits per heavy atom. The first-order valence-corrected chi connectivity index (χ1v) is 13.8. The third kappa shape index (κ3) is 3.15. The Kier molecular flexibility index (Phi) is 5.40. The number of allylic oxidation sites excluding steroid dienone is 4. The summed E-state index contributed by atoms with van der Waals surface area (Å²) in [6, 6.07) is 2.15. The van der Waals surface area contributed by atoms with Crippen LogP contribution in [-0.4, -0.2) is 23.1 Å². The number of carbonyl (C=O) groups is 3. The van der Waals surface area contributed by atoms with Crippen molar-refractivity contribution in [3.63, 3.8) is 0 Å². The number of Topliss-reactive ketones (excluding diaryl/α,β-unsaturated/α-hetero) is 1. The fourth-order valence-electron chi connectivity index (χ4n) is 9.67. The molecule has 3 saturated carbocycles.